The Bertz CT molecular complexity index is 729. The molecule has 3 rings (SSSR count). The molecule has 2 aromatic heterocycles. The summed E-state index contributed by atoms with van der Waals surface area (Å²) in [4.78, 5) is 4.44. The molecule has 0 amide bonds. The molecule has 5 nitrogen and oxygen atoms in total. The normalized spacial score (nSPS) is 11.3. The van der Waals surface area contributed by atoms with Crippen LogP contribution in [0, 0.1) is 0 Å². The van der Waals surface area contributed by atoms with Crippen LogP contribution in [-0.2, 0) is 19.5 Å². The molecule has 0 aliphatic carbocycles. The lowest BCUT2D eigenvalue weighted by Gasteiger charge is -2.07. The number of aromatic nitrogens is 3. The lowest BCUT2D eigenvalue weighted by atomic mass is 10.1. The van der Waals surface area contributed by atoms with Crippen molar-refractivity contribution in [1.82, 2.24) is 20.0 Å². The maximum Gasteiger partial charge on any atom is 0.226 e. The Hall–Kier alpha value is -2.14. The van der Waals surface area contributed by atoms with E-state index < -0.39 is 0 Å². The van der Waals surface area contributed by atoms with Crippen LogP contribution in [0.15, 0.2) is 35.0 Å². The van der Waals surface area contributed by atoms with E-state index in [4.69, 9.17) is 4.52 Å². The summed E-state index contributed by atoms with van der Waals surface area (Å²) in [5.41, 5.74) is 2.51. The first-order chi connectivity index (χ1) is 10.3. The summed E-state index contributed by atoms with van der Waals surface area (Å²) in [6.45, 7) is 3.58. The van der Waals surface area contributed by atoms with Crippen LogP contribution in [0.3, 0.4) is 0 Å². The number of hydrogen-bond acceptors (Lipinski definition) is 4. The summed E-state index contributed by atoms with van der Waals surface area (Å²) in [5.74, 6) is 1.45. The standard InChI is InChI=1S/C16H20N4O/c1-3-5-15-18-14(19-21-15)11-20-9-8-12-6-4-7-13(10-17-2)16(12)20/h4,6-9,17H,3,5,10-11H2,1-2H3. The molecule has 0 aliphatic heterocycles. The highest BCUT2D eigenvalue weighted by atomic mass is 16.5. The SMILES string of the molecule is CCCc1nc(Cn2ccc3cccc(CNC)c32)no1. The van der Waals surface area contributed by atoms with Gasteiger partial charge in [-0.3, -0.25) is 0 Å². The van der Waals surface area contributed by atoms with E-state index in [1.807, 2.05) is 7.05 Å². The second kappa shape index (κ2) is 6.10. The van der Waals surface area contributed by atoms with Gasteiger partial charge in [0.05, 0.1) is 12.1 Å². The third kappa shape index (κ3) is 2.83. The predicted octanol–water partition coefficient (Wildman–Crippen LogP) is 2.74. The van der Waals surface area contributed by atoms with Crippen molar-refractivity contribution < 1.29 is 4.52 Å². The minimum Gasteiger partial charge on any atom is -0.339 e. The van der Waals surface area contributed by atoms with Crippen molar-refractivity contribution in [3.05, 3.63) is 47.7 Å². The lowest BCUT2D eigenvalue weighted by molar-refractivity contribution is 0.371. The second-order valence-corrected chi connectivity index (χ2v) is 5.18. The van der Waals surface area contributed by atoms with Gasteiger partial charge in [0.2, 0.25) is 5.89 Å². The molecule has 0 fully saturated rings. The number of nitrogens with zero attached hydrogens (tertiary/aromatic N) is 3. The summed E-state index contributed by atoms with van der Waals surface area (Å²) in [7, 11) is 1.96. The first-order valence-corrected chi connectivity index (χ1v) is 7.34. The highest BCUT2D eigenvalue weighted by Crippen LogP contribution is 2.21. The molecule has 2 heterocycles. The number of benzene rings is 1. The van der Waals surface area contributed by atoms with Gasteiger partial charge < -0.3 is 14.4 Å². The minimum absolute atomic E-state index is 0.636. The topological polar surface area (TPSA) is 55.9 Å². The molecule has 0 unspecified atom stereocenters. The zero-order chi connectivity index (χ0) is 14.7. The van der Waals surface area contributed by atoms with E-state index >= 15 is 0 Å². The van der Waals surface area contributed by atoms with Crippen LogP contribution in [0.5, 0.6) is 0 Å². The van der Waals surface area contributed by atoms with Crippen molar-refractivity contribution in [2.24, 2.45) is 0 Å². The number of para-hydroxylation sites is 1. The largest absolute Gasteiger partial charge is 0.339 e. The first kappa shape index (κ1) is 13.8. The fourth-order valence-corrected chi connectivity index (χ4v) is 2.63. The van der Waals surface area contributed by atoms with E-state index in [-0.39, 0.29) is 0 Å². The van der Waals surface area contributed by atoms with E-state index in [0.717, 1.165) is 31.1 Å². The fraction of sp³-hybridized carbons (Fsp3) is 0.375. The molecule has 5 heteroatoms. The summed E-state index contributed by atoms with van der Waals surface area (Å²) >= 11 is 0. The highest BCUT2D eigenvalue weighted by Gasteiger charge is 2.10. The maximum absolute atomic E-state index is 5.26. The van der Waals surface area contributed by atoms with Crippen molar-refractivity contribution in [3.8, 4) is 0 Å². The van der Waals surface area contributed by atoms with Gasteiger partial charge in [0.15, 0.2) is 5.82 Å². The van der Waals surface area contributed by atoms with E-state index in [0.29, 0.717) is 6.54 Å². The minimum atomic E-state index is 0.636. The van der Waals surface area contributed by atoms with E-state index in [1.54, 1.807) is 0 Å². The van der Waals surface area contributed by atoms with Crippen molar-refractivity contribution >= 4 is 10.9 Å². The Labute approximate surface area is 124 Å². The van der Waals surface area contributed by atoms with Crippen molar-refractivity contribution in [1.29, 1.82) is 0 Å². The molecular weight excluding hydrogens is 264 g/mol. The van der Waals surface area contributed by atoms with Crippen LogP contribution in [0.1, 0.15) is 30.6 Å². The molecular formula is C16H20N4O. The molecule has 0 radical (unpaired) electrons. The van der Waals surface area contributed by atoms with Crippen molar-refractivity contribution in [3.63, 3.8) is 0 Å². The molecule has 3 aromatic rings. The van der Waals surface area contributed by atoms with Crippen LogP contribution < -0.4 is 5.32 Å². The maximum atomic E-state index is 5.26. The molecule has 0 saturated carbocycles. The number of rotatable bonds is 6. The monoisotopic (exact) mass is 284 g/mol. The van der Waals surface area contributed by atoms with Gasteiger partial charge in [-0.15, -0.1) is 0 Å². The second-order valence-electron chi connectivity index (χ2n) is 5.18. The van der Waals surface area contributed by atoms with Gasteiger partial charge in [0.1, 0.15) is 0 Å². The van der Waals surface area contributed by atoms with Crippen LogP contribution in [0.25, 0.3) is 10.9 Å². The third-order valence-corrected chi connectivity index (χ3v) is 3.53. The van der Waals surface area contributed by atoms with E-state index in [9.17, 15) is 0 Å². The molecule has 1 N–H and O–H groups in total. The smallest absolute Gasteiger partial charge is 0.226 e. The average molecular weight is 284 g/mol. The molecule has 0 spiro atoms. The van der Waals surface area contributed by atoms with Gasteiger partial charge in [0, 0.05) is 19.2 Å². The number of nitrogens with one attached hydrogen (secondary N) is 1. The van der Waals surface area contributed by atoms with Gasteiger partial charge in [-0.1, -0.05) is 30.3 Å². The summed E-state index contributed by atoms with van der Waals surface area (Å²) < 4.78 is 7.44. The molecule has 1 aromatic carbocycles. The first-order valence-electron chi connectivity index (χ1n) is 7.34. The fourth-order valence-electron chi connectivity index (χ4n) is 2.63. The Morgan fingerprint density at radius 1 is 1.29 bits per heavy atom. The van der Waals surface area contributed by atoms with Crippen LogP contribution in [-0.4, -0.2) is 21.8 Å². The Morgan fingerprint density at radius 2 is 2.19 bits per heavy atom. The van der Waals surface area contributed by atoms with Crippen molar-refractivity contribution in [2.75, 3.05) is 7.05 Å². The number of hydrogen-bond donors (Lipinski definition) is 1. The Kier molecular flexibility index (Phi) is 4.01. The van der Waals surface area contributed by atoms with Gasteiger partial charge in [-0.25, -0.2) is 0 Å². The predicted molar refractivity (Wildman–Crippen MR) is 82.1 cm³/mol. The van der Waals surface area contributed by atoms with E-state index in [2.05, 4.69) is 57.4 Å². The van der Waals surface area contributed by atoms with Gasteiger partial charge in [-0.2, -0.15) is 4.98 Å². The average Bonchev–Trinajstić information content (AvgIpc) is 3.09. The number of aryl methyl sites for hydroxylation is 1. The van der Waals surface area contributed by atoms with Crippen molar-refractivity contribution in [2.45, 2.75) is 32.9 Å². The molecule has 0 atom stereocenters. The molecule has 0 saturated heterocycles. The number of fused-ring (bicyclic) bond motifs is 1. The zero-order valence-corrected chi connectivity index (χ0v) is 12.5. The Balaban J connectivity index is 1.92. The quantitative estimate of drug-likeness (QED) is 0.756. The van der Waals surface area contributed by atoms with Crippen LogP contribution >= 0.6 is 0 Å². The summed E-state index contributed by atoms with van der Waals surface area (Å²) in [6.07, 6.45) is 3.94. The lowest BCUT2D eigenvalue weighted by Crippen LogP contribution is -2.08. The van der Waals surface area contributed by atoms with Gasteiger partial charge >= 0.3 is 0 Å². The van der Waals surface area contributed by atoms with Crippen LogP contribution in [0.2, 0.25) is 0 Å². The van der Waals surface area contributed by atoms with Gasteiger partial charge in [-0.05, 0) is 30.5 Å². The molecule has 0 bridgehead atoms. The third-order valence-electron chi connectivity index (χ3n) is 3.53. The van der Waals surface area contributed by atoms with E-state index in [1.165, 1.54) is 16.5 Å². The zero-order valence-electron chi connectivity index (χ0n) is 12.5. The highest BCUT2D eigenvalue weighted by molar-refractivity contribution is 5.83. The van der Waals surface area contributed by atoms with Crippen LogP contribution in [0.4, 0.5) is 0 Å². The Morgan fingerprint density at radius 3 is 3.00 bits per heavy atom. The molecule has 21 heavy (non-hydrogen) atoms. The van der Waals surface area contributed by atoms with Gasteiger partial charge in [0.25, 0.3) is 0 Å². The molecule has 0 aliphatic rings. The summed E-state index contributed by atoms with van der Waals surface area (Å²) in [5, 5.41) is 8.52. The summed E-state index contributed by atoms with van der Waals surface area (Å²) in [6, 6.07) is 8.49. The molecule has 110 valence electrons.